The summed E-state index contributed by atoms with van der Waals surface area (Å²) in [6, 6.07) is 1.27. The number of pyridine rings is 1. The van der Waals surface area contributed by atoms with Crippen LogP contribution in [0.5, 0.6) is 0 Å². The maximum atomic E-state index is 12.7. The molecule has 1 aromatic heterocycles. The van der Waals surface area contributed by atoms with Crippen LogP contribution in [-0.2, 0) is 9.53 Å². The molecule has 70 valence electrons. The van der Waals surface area contributed by atoms with Gasteiger partial charge in [0.05, 0.1) is 19.2 Å². The number of methoxy groups -OCH3 is 1. The largest absolute Gasteiger partial charge is 0.469 e. The number of hydrogen-bond acceptors (Lipinski definition) is 3. The number of nitrogens with zero attached hydrogens (tertiary/aromatic N) is 1. The van der Waals surface area contributed by atoms with Crippen LogP contribution in [0.2, 0.25) is 0 Å². The third-order valence-electron chi connectivity index (χ3n) is 1.78. The van der Waals surface area contributed by atoms with E-state index in [1.54, 1.807) is 6.92 Å². The first-order chi connectivity index (χ1) is 6.15. The van der Waals surface area contributed by atoms with Crippen LogP contribution in [0.25, 0.3) is 0 Å². The zero-order valence-electron chi connectivity index (χ0n) is 7.45. The number of halogens is 1. The monoisotopic (exact) mass is 183 g/mol. The zero-order chi connectivity index (χ0) is 9.84. The Morgan fingerprint density at radius 3 is 2.85 bits per heavy atom. The lowest BCUT2D eigenvalue weighted by molar-refractivity contribution is -0.142. The van der Waals surface area contributed by atoms with Gasteiger partial charge in [-0.05, 0) is 18.6 Å². The molecule has 0 N–H and O–H groups in total. The lowest BCUT2D eigenvalue weighted by Gasteiger charge is -2.07. The summed E-state index contributed by atoms with van der Waals surface area (Å²) in [4.78, 5) is 14.7. The van der Waals surface area contributed by atoms with Crippen LogP contribution in [0.3, 0.4) is 0 Å². The smallest absolute Gasteiger partial charge is 0.312 e. The van der Waals surface area contributed by atoms with Crippen molar-refractivity contribution in [3.05, 3.63) is 29.8 Å². The quantitative estimate of drug-likeness (QED) is 0.652. The van der Waals surface area contributed by atoms with E-state index < -0.39 is 17.7 Å². The van der Waals surface area contributed by atoms with Crippen molar-refractivity contribution >= 4 is 5.97 Å². The first-order valence-corrected chi connectivity index (χ1v) is 3.83. The van der Waals surface area contributed by atoms with E-state index in [9.17, 15) is 9.18 Å². The second kappa shape index (κ2) is 3.98. The van der Waals surface area contributed by atoms with Gasteiger partial charge in [0.15, 0.2) is 0 Å². The van der Waals surface area contributed by atoms with Crippen molar-refractivity contribution in [2.45, 2.75) is 12.8 Å². The van der Waals surface area contributed by atoms with Gasteiger partial charge < -0.3 is 4.74 Å². The van der Waals surface area contributed by atoms with Gasteiger partial charge in [-0.15, -0.1) is 0 Å². The molecule has 0 aliphatic carbocycles. The van der Waals surface area contributed by atoms with E-state index in [-0.39, 0.29) is 0 Å². The van der Waals surface area contributed by atoms with Gasteiger partial charge in [0.25, 0.3) is 0 Å². The van der Waals surface area contributed by atoms with E-state index in [1.807, 2.05) is 0 Å². The van der Waals surface area contributed by atoms with E-state index in [0.29, 0.717) is 5.56 Å². The Hall–Kier alpha value is -1.45. The minimum atomic E-state index is -0.479. The van der Waals surface area contributed by atoms with E-state index in [4.69, 9.17) is 0 Å². The van der Waals surface area contributed by atoms with E-state index >= 15 is 0 Å². The summed E-state index contributed by atoms with van der Waals surface area (Å²) in [7, 11) is 1.30. The van der Waals surface area contributed by atoms with E-state index in [0.717, 1.165) is 6.20 Å². The number of esters is 1. The van der Waals surface area contributed by atoms with Crippen LogP contribution < -0.4 is 0 Å². The van der Waals surface area contributed by atoms with Crippen LogP contribution >= 0.6 is 0 Å². The highest BCUT2D eigenvalue weighted by Gasteiger charge is 2.15. The van der Waals surface area contributed by atoms with Gasteiger partial charge in [-0.25, -0.2) is 4.39 Å². The first kappa shape index (κ1) is 9.64. The maximum Gasteiger partial charge on any atom is 0.312 e. The van der Waals surface area contributed by atoms with Crippen molar-refractivity contribution in [1.82, 2.24) is 4.98 Å². The first-order valence-electron chi connectivity index (χ1n) is 3.83. The summed E-state index contributed by atoms with van der Waals surface area (Å²) in [6.07, 6.45) is 2.54. The summed E-state index contributed by atoms with van der Waals surface area (Å²) in [5.74, 6) is -1.33. The van der Waals surface area contributed by atoms with Crippen LogP contribution in [0.1, 0.15) is 18.4 Å². The molecule has 1 unspecified atom stereocenters. The third-order valence-corrected chi connectivity index (χ3v) is 1.78. The fourth-order valence-electron chi connectivity index (χ4n) is 0.978. The van der Waals surface area contributed by atoms with Gasteiger partial charge in [-0.2, -0.15) is 0 Å². The molecule has 0 aliphatic rings. The molecule has 0 amide bonds. The molecule has 4 heteroatoms. The molecule has 0 saturated carbocycles. The predicted octanol–water partition coefficient (Wildman–Crippen LogP) is 1.50. The highest BCUT2D eigenvalue weighted by molar-refractivity contribution is 5.77. The number of rotatable bonds is 2. The van der Waals surface area contributed by atoms with Crippen molar-refractivity contribution in [3.63, 3.8) is 0 Å². The lowest BCUT2D eigenvalue weighted by atomic mass is 10.0. The van der Waals surface area contributed by atoms with Gasteiger partial charge in [0, 0.05) is 6.20 Å². The Morgan fingerprint density at radius 2 is 2.31 bits per heavy atom. The Morgan fingerprint density at radius 1 is 1.62 bits per heavy atom. The lowest BCUT2D eigenvalue weighted by Crippen LogP contribution is -2.11. The average molecular weight is 183 g/mol. The predicted molar refractivity (Wildman–Crippen MR) is 44.6 cm³/mol. The Labute approximate surface area is 75.6 Å². The van der Waals surface area contributed by atoms with Crippen LogP contribution in [0.15, 0.2) is 18.5 Å². The summed E-state index contributed by atoms with van der Waals surface area (Å²) in [5, 5.41) is 0. The highest BCUT2D eigenvalue weighted by Crippen LogP contribution is 2.15. The Kier molecular flexibility index (Phi) is 2.95. The second-order valence-corrected chi connectivity index (χ2v) is 2.68. The third kappa shape index (κ3) is 2.24. The van der Waals surface area contributed by atoms with Gasteiger partial charge >= 0.3 is 5.97 Å². The van der Waals surface area contributed by atoms with Crippen molar-refractivity contribution in [1.29, 1.82) is 0 Å². The number of aromatic nitrogens is 1. The molecule has 1 aromatic rings. The van der Waals surface area contributed by atoms with Crippen LogP contribution in [0, 0.1) is 5.82 Å². The molecule has 13 heavy (non-hydrogen) atoms. The van der Waals surface area contributed by atoms with Crippen LogP contribution in [0.4, 0.5) is 4.39 Å². The van der Waals surface area contributed by atoms with Gasteiger partial charge in [0.2, 0.25) is 0 Å². The molecule has 1 heterocycles. The molecule has 0 aliphatic heterocycles. The number of ether oxygens (including phenoxy) is 1. The number of carbonyl (C=O) groups excluding carboxylic acids is 1. The van der Waals surface area contributed by atoms with Gasteiger partial charge in [0.1, 0.15) is 5.82 Å². The molecular weight excluding hydrogens is 173 g/mol. The molecule has 0 spiro atoms. The molecule has 0 aromatic carbocycles. The molecule has 3 nitrogen and oxygen atoms in total. The SMILES string of the molecule is COC(=O)C(C)c1cncc(F)c1. The van der Waals surface area contributed by atoms with Crippen molar-refractivity contribution in [2.75, 3.05) is 7.11 Å². The molecular formula is C9H10FNO2. The molecule has 1 atom stereocenters. The maximum absolute atomic E-state index is 12.7. The topological polar surface area (TPSA) is 39.2 Å². The average Bonchev–Trinajstić information content (AvgIpc) is 2.15. The second-order valence-electron chi connectivity index (χ2n) is 2.68. The minimum absolute atomic E-state index is 0.396. The Bertz CT molecular complexity index is 314. The molecule has 0 bridgehead atoms. The van der Waals surface area contributed by atoms with Gasteiger partial charge in [-0.3, -0.25) is 9.78 Å². The standard InChI is InChI=1S/C9H10FNO2/c1-6(9(12)13-2)7-3-8(10)5-11-4-7/h3-6H,1-2H3. The normalized spacial score (nSPS) is 12.2. The van der Waals surface area contributed by atoms with Crippen LogP contribution in [-0.4, -0.2) is 18.1 Å². The number of carbonyl (C=O) groups is 1. The minimum Gasteiger partial charge on any atom is -0.469 e. The van der Waals surface area contributed by atoms with Crippen molar-refractivity contribution < 1.29 is 13.9 Å². The molecule has 1 rings (SSSR count). The highest BCUT2D eigenvalue weighted by atomic mass is 19.1. The molecule has 0 fully saturated rings. The van der Waals surface area contributed by atoms with E-state index in [2.05, 4.69) is 9.72 Å². The number of hydrogen-bond donors (Lipinski definition) is 0. The summed E-state index contributed by atoms with van der Waals surface area (Å²) in [6.45, 7) is 1.64. The summed E-state index contributed by atoms with van der Waals surface area (Å²) in [5.41, 5.74) is 0.520. The fraction of sp³-hybridized carbons (Fsp3) is 0.333. The van der Waals surface area contributed by atoms with E-state index in [1.165, 1.54) is 19.4 Å². The van der Waals surface area contributed by atoms with Crippen molar-refractivity contribution in [2.24, 2.45) is 0 Å². The summed E-state index contributed by atoms with van der Waals surface area (Å²) < 4.78 is 17.2. The summed E-state index contributed by atoms with van der Waals surface area (Å²) >= 11 is 0. The zero-order valence-corrected chi connectivity index (χ0v) is 7.45. The Balaban J connectivity index is 2.88. The fourth-order valence-corrected chi connectivity index (χ4v) is 0.978. The molecule has 0 radical (unpaired) electrons. The van der Waals surface area contributed by atoms with Gasteiger partial charge in [-0.1, -0.05) is 0 Å². The van der Waals surface area contributed by atoms with Crippen molar-refractivity contribution in [3.8, 4) is 0 Å². The molecule has 0 saturated heterocycles.